The van der Waals surface area contributed by atoms with Gasteiger partial charge in [0.05, 0.1) is 0 Å². The van der Waals surface area contributed by atoms with Gasteiger partial charge in [0, 0.05) is 37.6 Å². The Labute approximate surface area is 118 Å². The molecule has 6 nitrogen and oxygen atoms in total. The summed E-state index contributed by atoms with van der Waals surface area (Å²) in [6, 6.07) is 0. The summed E-state index contributed by atoms with van der Waals surface area (Å²) < 4.78 is 0. The van der Waals surface area contributed by atoms with Crippen LogP contribution in [0.5, 0.6) is 0 Å². The van der Waals surface area contributed by atoms with Gasteiger partial charge in [0.1, 0.15) is 5.69 Å². The van der Waals surface area contributed by atoms with Crippen LogP contribution in [0.3, 0.4) is 0 Å². The van der Waals surface area contributed by atoms with Gasteiger partial charge in [0.15, 0.2) is 10.9 Å². The normalized spacial score (nSPS) is 14.8. The smallest absolute Gasteiger partial charge is 0.281 e. The summed E-state index contributed by atoms with van der Waals surface area (Å²) in [6.07, 6.45) is 0.237. The molecule has 2 heterocycles. The number of anilines is 1. The predicted molar refractivity (Wildman–Crippen MR) is 74.8 cm³/mol. The maximum atomic E-state index is 11.7. The highest BCUT2D eigenvalue weighted by Crippen LogP contribution is 2.18. The molecule has 0 unspecified atom stereocenters. The average molecular weight is 299 g/mol. The summed E-state index contributed by atoms with van der Waals surface area (Å²) >= 11 is 2.49. The van der Waals surface area contributed by atoms with Crippen LogP contribution in [0.15, 0.2) is 5.38 Å². The van der Waals surface area contributed by atoms with Gasteiger partial charge in [-0.05, 0) is 0 Å². The molecule has 0 spiro atoms. The second-order valence-electron chi connectivity index (χ2n) is 3.99. The molecule has 19 heavy (non-hydrogen) atoms. The molecular formula is C11H13N3O3S2. The Morgan fingerprint density at radius 3 is 2.89 bits per heavy atom. The minimum absolute atomic E-state index is 0.0286. The van der Waals surface area contributed by atoms with Gasteiger partial charge in [-0.1, -0.05) is 11.8 Å². The van der Waals surface area contributed by atoms with Crippen LogP contribution in [-0.4, -0.2) is 45.7 Å². The number of Topliss-reactive ketones (excluding diaryl/α,β-unsaturated/α-hetero) is 1. The van der Waals surface area contributed by atoms with Crippen LogP contribution in [0.25, 0.3) is 0 Å². The molecule has 0 radical (unpaired) electrons. The average Bonchev–Trinajstić information content (AvgIpc) is 2.96. The first-order valence-electron chi connectivity index (χ1n) is 5.74. The standard InChI is InChI=1S/C11H13N3O3S2/c1-7(15)8-6-19-10(12-8)13-9(16)2-3-14-4-5-18-11(14)17/h6H,2-5H2,1H3,(H,12,13,16). The number of nitrogens with zero attached hydrogens (tertiary/aromatic N) is 2. The number of hydrogen-bond donors (Lipinski definition) is 1. The first-order chi connectivity index (χ1) is 9.06. The highest BCUT2D eigenvalue weighted by molar-refractivity contribution is 8.13. The zero-order chi connectivity index (χ0) is 13.8. The Balaban J connectivity index is 1.80. The van der Waals surface area contributed by atoms with Crippen molar-refractivity contribution in [2.24, 2.45) is 0 Å². The number of rotatable bonds is 5. The van der Waals surface area contributed by atoms with Crippen molar-refractivity contribution in [3.63, 3.8) is 0 Å². The quantitative estimate of drug-likeness (QED) is 0.839. The van der Waals surface area contributed by atoms with E-state index in [-0.39, 0.29) is 23.4 Å². The van der Waals surface area contributed by atoms with Crippen molar-refractivity contribution < 1.29 is 14.4 Å². The number of ketones is 1. The van der Waals surface area contributed by atoms with Crippen LogP contribution in [0, 0.1) is 0 Å². The summed E-state index contributed by atoms with van der Waals surface area (Å²) in [6.45, 7) is 2.54. The van der Waals surface area contributed by atoms with Crippen molar-refractivity contribution in [2.75, 3.05) is 24.2 Å². The zero-order valence-electron chi connectivity index (χ0n) is 10.3. The molecule has 1 N–H and O–H groups in total. The largest absolute Gasteiger partial charge is 0.332 e. The molecular weight excluding hydrogens is 286 g/mol. The summed E-state index contributed by atoms with van der Waals surface area (Å²) in [5.74, 6) is 0.458. The van der Waals surface area contributed by atoms with E-state index in [2.05, 4.69) is 10.3 Å². The number of hydrogen-bond acceptors (Lipinski definition) is 6. The first kappa shape index (κ1) is 14.0. The lowest BCUT2D eigenvalue weighted by atomic mass is 10.3. The summed E-state index contributed by atoms with van der Waals surface area (Å²) in [5.41, 5.74) is 0.353. The summed E-state index contributed by atoms with van der Waals surface area (Å²) in [4.78, 5) is 39.7. The maximum absolute atomic E-state index is 11.7. The second kappa shape index (κ2) is 6.16. The highest BCUT2D eigenvalue weighted by atomic mass is 32.2. The molecule has 8 heteroatoms. The number of carbonyl (C=O) groups excluding carboxylic acids is 3. The third-order valence-electron chi connectivity index (χ3n) is 2.56. The lowest BCUT2D eigenvalue weighted by Gasteiger charge is -2.13. The number of carbonyl (C=O) groups is 3. The third-order valence-corrected chi connectivity index (χ3v) is 4.21. The molecule has 1 aliphatic heterocycles. The fourth-order valence-corrected chi connectivity index (χ4v) is 3.16. The Hall–Kier alpha value is -1.41. The number of thioether (sulfide) groups is 1. The van der Waals surface area contributed by atoms with Gasteiger partial charge in [-0.25, -0.2) is 4.98 Å². The van der Waals surface area contributed by atoms with Crippen LogP contribution >= 0.6 is 23.1 Å². The van der Waals surface area contributed by atoms with Crippen LogP contribution in [-0.2, 0) is 4.79 Å². The fraction of sp³-hybridized carbons (Fsp3) is 0.455. The number of nitrogens with one attached hydrogen (secondary N) is 1. The van der Waals surface area contributed by atoms with E-state index >= 15 is 0 Å². The molecule has 1 saturated heterocycles. The molecule has 102 valence electrons. The van der Waals surface area contributed by atoms with Crippen molar-refractivity contribution in [2.45, 2.75) is 13.3 Å². The minimum atomic E-state index is -0.200. The van der Waals surface area contributed by atoms with E-state index in [1.807, 2.05) is 0 Å². The van der Waals surface area contributed by atoms with Crippen molar-refractivity contribution in [1.82, 2.24) is 9.88 Å². The molecule has 0 aliphatic carbocycles. The van der Waals surface area contributed by atoms with Gasteiger partial charge in [-0.2, -0.15) is 0 Å². The van der Waals surface area contributed by atoms with Gasteiger partial charge >= 0.3 is 0 Å². The predicted octanol–water partition coefficient (Wildman–Crippen LogP) is 1.84. The van der Waals surface area contributed by atoms with Crippen molar-refractivity contribution >= 4 is 45.2 Å². The van der Waals surface area contributed by atoms with Crippen LogP contribution in [0.4, 0.5) is 9.93 Å². The molecule has 0 saturated carbocycles. The molecule has 0 atom stereocenters. The lowest BCUT2D eigenvalue weighted by Crippen LogP contribution is -2.27. The molecule has 1 aliphatic rings. The van der Waals surface area contributed by atoms with Crippen LogP contribution in [0.2, 0.25) is 0 Å². The Morgan fingerprint density at radius 2 is 2.32 bits per heavy atom. The SMILES string of the molecule is CC(=O)c1csc(NC(=O)CCN2CCSC2=O)n1. The van der Waals surface area contributed by atoms with Gasteiger partial charge in [-0.3, -0.25) is 14.4 Å². The summed E-state index contributed by atoms with van der Waals surface area (Å²) in [7, 11) is 0. The Morgan fingerprint density at radius 1 is 1.53 bits per heavy atom. The summed E-state index contributed by atoms with van der Waals surface area (Å²) in [5, 5.41) is 4.68. The van der Waals surface area contributed by atoms with Crippen molar-refractivity contribution in [1.29, 1.82) is 0 Å². The molecule has 2 amide bonds. The third kappa shape index (κ3) is 3.77. The number of thiazole rings is 1. The molecule has 1 fully saturated rings. The molecule has 1 aromatic rings. The van der Waals surface area contributed by atoms with E-state index in [1.165, 1.54) is 30.0 Å². The van der Waals surface area contributed by atoms with E-state index in [1.54, 1.807) is 10.3 Å². The monoisotopic (exact) mass is 299 g/mol. The van der Waals surface area contributed by atoms with E-state index in [0.29, 0.717) is 23.9 Å². The van der Waals surface area contributed by atoms with Crippen molar-refractivity contribution in [3.8, 4) is 0 Å². The fourth-order valence-electron chi connectivity index (χ4n) is 1.54. The second-order valence-corrected chi connectivity index (χ2v) is 5.90. The number of aromatic nitrogens is 1. The maximum Gasteiger partial charge on any atom is 0.281 e. The van der Waals surface area contributed by atoms with Gasteiger partial charge < -0.3 is 10.2 Å². The lowest BCUT2D eigenvalue weighted by molar-refractivity contribution is -0.116. The Bertz CT molecular complexity index is 515. The minimum Gasteiger partial charge on any atom is -0.332 e. The zero-order valence-corrected chi connectivity index (χ0v) is 12.0. The van der Waals surface area contributed by atoms with Crippen molar-refractivity contribution in [3.05, 3.63) is 11.1 Å². The number of amides is 2. The van der Waals surface area contributed by atoms with Crippen LogP contribution in [0.1, 0.15) is 23.8 Å². The van der Waals surface area contributed by atoms with Gasteiger partial charge in [-0.15, -0.1) is 11.3 Å². The van der Waals surface area contributed by atoms with E-state index < -0.39 is 0 Å². The van der Waals surface area contributed by atoms with E-state index in [4.69, 9.17) is 0 Å². The van der Waals surface area contributed by atoms with E-state index in [9.17, 15) is 14.4 Å². The molecule has 2 rings (SSSR count). The first-order valence-corrected chi connectivity index (χ1v) is 7.61. The van der Waals surface area contributed by atoms with Gasteiger partial charge in [0.25, 0.3) is 5.24 Å². The molecule has 0 bridgehead atoms. The van der Waals surface area contributed by atoms with Gasteiger partial charge in [0.2, 0.25) is 5.91 Å². The van der Waals surface area contributed by atoms with Crippen LogP contribution < -0.4 is 5.32 Å². The highest BCUT2D eigenvalue weighted by Gasteiger charge is 2.21. The topological polar surface area (TPSA) is 79.4 Å². The molecule has 0 aromatic carbocycles. The molecule has 1 aromatic heterocycles. The van der Waals surface area contributed by atoms with E-state index in [0.717, 1.165) is 5.75 Å². The Kier molecular flexibility index (Phi) is 4.54.